The van der Waals surface area contributed by atoms with E-state index in [-0.39, 0.29) is 11.5 Å². The number of rotatable bonds is 1. The first-order chi connectivity index (χ1) is 12.1. The average Bonchev–Trinajstić information content (AvgIpc) is 3.02. The number of likely N-dealkylation sites (tertiary alicyclic amines) is 1. The highest BCUT2D eigenvalue weighted by Crippen LogP contribution is 2.19. The number of aryl methyl sites for hydroxylation is 1. The number of nitrogens with zero attached hydrogens (tertiary/aromatic N) is 3. The zero-order valence-electron chi connectivity index (χ0n) is 14.3. The lowest BCUT2D eigenvalue weighted by atomic mass is 10.1. The van der Waals surface area contributed by atoms with Crippen molar-refractivity contribution in [3.8, 4) is 0 Å². The quantitative estimate of drug-likeness (QED) is 0.857. The van der Waals surface area contributed by atoms with E-state index in [2.05, 4.69) is 0 Å². The number of aromatic nitrogens is 2. The minimum Gasteiger partial charge on any atom is -0.391 e. The smallest absolute Gasteiger partial charge is 0.261 e. The van der Waals surface area contributed by atoms with Crippen LogP contribution in [0.25, 0.3) is 10.9 Å². The summed E-state index contributed by atoms with van der Waals surface area (Å²) in [5, 5.41) is 10.2. The SMILES string of the molecule is O=C(c1ccc2c(=O)n3c(nc2c1)CCCCCC3)N1CC[C@H](O)C1. The van der Waals surface area contributed by atoms with Crippen LogP contribution in [0.5, 0.6) is 0 Å². The molecule has 1 amide bonds. The van der Waals surface area contributed by atoms with Crippen LogP contribution < -0.4 is 5.56 Å². The van der Waals surface area contributed by atoms with Crippen molar-refractivity contribution in [2.75, 3.05) is 13.1 Å². The molecule has 0 unspecified atom stereocenters. The van der Waals surface area contributed by atoms with Crippen molar-refractivity contribution in [1.29, 1.82) is 0 Å². The molecule has 25 heavy (non-hydrogen) atoms. The van der Waals surface area contributed by atoms with Crippen LogP contribution in [0, 0.1) is 0 Å². The van der Waals surface area contributed by atoms with Gasteiger partial charge in [0.15, 0.2) is 0 Å². The van der Waals surface area contributed by atoms with E-state index in [1.54, 1.807) is 27.7 Å². The molecule has 2 aliphatic rings. The topological polar surface area (TPSA) is 75.4 Å². The molecular weight excluding hydrogens is 318 g/mol. The Bertz CT molecular complexity index is 874. The molecule has 1 N–H and O–H groups in total. The van der Waals surface area contributed by atoms with Gasteiger partial charge in [-0.15, -0.1) is 0 Å². The number of benzene rings is 1. The number of carbonyl (C=O) groups excluding carboxylic acids is 1. The molecule has 0 radical (unpaired) electrons. The van der Waals surface area contributed by atoms with Crippen molar-refractivity contribution >= 4 is 16.8 Å². The molecule has 0 aliphatic carbocycles. The van der Waals surface area contributed by atoms with E-state index in [0.717, 1.165) is 38.1 Å². The number of aliphatic hydroxyl groups is 1. The van der Waals surface area contributed by atoms with Gasteiger partial charge in [0, 0.05) is 31.6 Å². The Morgan fingerprint density at radius 3 is 2.80 bits per heavy atom. The van der Waals surface area contributed by atoms with Crippen molar-refractivity contribution in [3.63, 3.8) is 0 Å². The van der Waals surface area contributed by atoms with Gasteiger partial charge < -0.3 is 10.0 Å². The molecule has 0 spiro atoms. The summed E-state index contributed by atoms with van der Waals surface area (Å²) in [5.74, 6) is 0.727. The minimum atomic E-state index is -0.438. The molecule has 132 valence electrons. The summed E-state index contributed by atoms with van der Waals surface area (Å²) in [5.41, 5.74) is 1.13. The highest BCUT2D eigenvalue weighted by atomic mass is 16.3. The molecule has 2 aromatic rings. The molecule has 6 heteroatoms. The number of hydrogen-bond acceptors (Lipinski definition) is 4. The van der Waals surface area contributed by atoms with Crippen LogP contribution in [0.2, 0.25) is 0 Å². The Hall–Kier alpha value is -2.21. The first-order valence-electron chi connectivity index (χ1n) is 9.14. The second-order valence-corrected chi connectivity index (χ2v) is 7.07. The summed E-state index contributed by atoms with van der Waals surface area (Å²) in [7, 11) is 0. The van der Waals surface area contributed by atoms with E-state index >= 15 is 0 Å². The third-order valence-corrected chi connectivity index (χ3v) is 5.26. The summed E-state index contributed by atoms with van der Waals surface area (Å²) < 4.78 is 1.81. The molecule has 0 bridgehead atoms. The van der Waals surface area contributed by atoms with E-state index in [0.29, 0.717) is 36.0 Å². The maximum Gasteiger partial charge on any atom is 0.261 e. The molecular formula is C19H23N3O3. The van der Waals surface area contributed by atoms with E-state index in [4.69, 9.17) is 4.98 Å². The van der Waals surface area contributed by atoms with Crippen molar-refractivity contribution < 1.29 is 9.90 Å². The van der Waals surface area contributed by atoms with Gasteiger partial charge in [-0.3, -0.25) is 14.2 Å². The van der Waals surface area contributed by atoms with Crippen molar-refractivity contribution in [2.45, 2.75) is 51.2 Å². The van der Waals surface area contributed by atoms with Gasteiger partial charge in [-0.1, -0.05) is 12.8 Å². The normalized spacial score (nSPS) is 21.0. The molecule has 1 saturated heterocycles. The predicted octanol–water partition coefficient (Wildman–Crippen LogP) is 1.72. The van der Waals surface area contributed by atoms with Gasteiger partial charge in [-0.2, -0.15) is 0 Å². The van der Waals surface area contributed by atoms with Crippen LogP contribution in [-0.2, 0) is 13.0 Å². The molecule has 1 aromatic heterocycles. The second-order valence-electron chi connectivity index (χ2n) is 7.07. The van der Waals surface area contributed by atoms with Gasteiger partial charge >= 0.3 is 0 Å². The van der Waals surface area contributed by atoms with Gasteiger partial charge in [0.2, 0.25) is 0 Å². The van der Waals surface area contributed by atoms with Crippen molar-refractivity contribution in [3.05, 3.63) is 39.9 Å². The van der Waals surface area contributed by atoms with E-state index in [1.165, 1.54) is 6.42 Å². The summed E-state index contributed by atoms with van der Waals surface area (Å²) >= 11 is 0. The van der Waals surface area contributed by atoms with Gasteiger partial charge in [-0.25, -0.2) is 4.98 Å². The van der Waals surface area contributed by atoms with Gasteiger partial charge in [0.1, 0.15) is 5.82 Å². The van der Waals surface area contributed by atoms with Crippen LogP contribution in [0.3, 0.4) is 0 Å². The summed E-state index contributed by atoms with van der Waals surface area (Å²) in [4.78, 5) is 31.8. The van der Waals surface area contributed by atoms with Gasteiger partial charge in [0.25, 0.3) is 11.5 Å². The highest BCUT2D eigenvalue weighted by Gasteiger charge is 2.25. The predicted molar refractivity (Wildman–Crippen MR) is 94.7 cm³/mol. The van der Waals surface area contributed by atoms with Crippen molar-refractivity contribution in [2.24, 2.45) is 0 Å². The zero-order valence-corrected chi connectivity index (χ0v) is 14.3. The first-order valence-corrected chi connectivity index (χ1v) is 9.14. The third-order valence-electron chi connectivity index (χ3n) is 5.26. The highest BCUT2D eigenvalue weighted by molar-refractivity contribution is 5.97. The summed E-state index contributed by atoms with van der Waals surface area (Å²) in [6.45, 7) is 1.67. The maximum atomic E-state index is 12.8. The Morgan fingerprint density at radius 2 is 2.00 bits per heavy atom. The summed E-state index contributed by atoms with van der Waals surface area (Å²) in [6.07, 6.45) is 5.36. The molecule has 1 aromatic carbocycles. The van der Waals surface area contributed by atoms with Crippen molar-refractivity contribution in [1.82, 2.24) is 14.5 Å². The van der Waals surface area contributed by atoms with Crippen LogP contribution in [0.1, 0.15) is 48.3 Å². The van der Waals surface area contributed by atoms with E-state index in [9.17, 15) is 14.7 Å². The fourth-order valence-corrected chi connectivity index (χ4v) is 3.84. The standard InChI is InChI=1S/C19H23N3O3/c23-14-8-10-21(12-14)18(24)13-6-7-15-16(11-13)20-17-5-3-1-2-4-9-22(17)19(15)25/h6-7,11,14,23H,1-5,8-10,12H2/t14-/m0/s1. The maximum absolute atomic E-state index is 12.8. The molecule has 3 heterocycles. The van der Waals surface area contributed by atoms with Crippen LogP contribution >= 0.6 is 0 Å². The fourth-order valence-electron chi connectivity index (χ4n) is 3.84. The number of carbonyl (C=O) groups is 1. The lowest BCUT2D eigenvalue weighted by Crippen LogP contribution is -2.30. The number of aliphatic hydroxyl groups excluding tert-OH is 1. The number of amides is 1. The molecule has 6 nitrogen and oxygen atoms in total. The minimum absolute atomic E-state index is 0.00232. The molecule has 2 aliphatic heterocycles. The Balaban J connectivity index is 1.74. The van der Waals surface area contributed by atoms with E-state index in [1.807, 2.05) is 0 Å². The zero-order chi connectivity index (χ0) is 17.4. The Morgan fingerprint density at radius 1 is 1.16 bits per heavy atom. The number of β-amino-alcohol motifs (C(OH)–C–C–N with tert-alkyl or cyclic N) is 1. The average molecular weight is 341 g/mol. The number of hydrogen-bond donors (Lipinski definition) is 1. The largest absolute Gasteiger partial charge is 0.391 e. The molecule has 4 rings (SSSR count). The number of fused-ring (bicyclic) bond motifs is 2. The lowest BCUT2D eigenvalue weighted by molar-refractivity contribution is 0.0765. The summed E-state index contributed by atoms with van der Waals surface area (Å²) in [6, 6.07) is 5.15. The Kier molecular flexibility index (Phi) is 4.29. The van der Waals surface area contributed by atoms with Gasteiger partial charge in [-0.05, 0) is 37.5 Å². The fraction of sp³-hybridized carbons (Fsp3) is 0.526. The molecule has 1 fully saturated rings. The van der Waals surface area contributed by atoms with Gasteiger partial charge in [0.05, 0.1) is 17.0 Å². The monoisotopic (exact) mass is 341 g/mol. The van der Waals surface area contributed by atoms with Crippen LogP contribution in [0.15, 0.2) is 23.0 Å². The van der Waals surface area contributed by atoms with Crippen LogP contribution in [-0.4, -0.2) is 44.7 Å². The lowest BCUT2D eigenvalue weighted by Gasteiger charge is -2.18. The van der Waals surface area contributed by atoms with Crippen LogP contribution in [0.4, 0.5) is 0 Å². The third kappa shape index (κ3) is 3.06. The second kappa shape index (κ2) is 6.59. The Labute approximate surface area is 146 Å². The molecule has 1 atom stereocenters. The first kappa shape index (κ1) is 16.3. The van der Waals surface area contributed by atoms with E-state index < -0.39 is 6.10 Å². The molecule has 0 saturated carbocycles.